The second-order valence-corrected chi connectivity index (χ2v) is 6.65. The molecule has 1 amide bonds. The summed E-state index contributed by atoms with van der Waals surface area (Å²) >= 11 is 0. The van der Waals surface area contributed by atoms with E-state index in [0.29, 0.717) is 6.61 Å². The number of hydrogen-bond donors (Lipinski definition) is 1. The van der Waals surface area contributed by atoms with E-state index in [1.807, 2.05) is 0 Å². The van der Waals surface area contributed by atoms with E-state index in [2.05, 4.69) is 14.8 Å². The highest BCUT2D eigenvalue weighted by molar-refractivity contribution is 6.37. The molecule has 10 heteroatoms. The van der Waals surface area contributed by atoms with E-state index in [-0.39, 0.29) is 35.8 Å². The highest BCUT2D eigenvalue weighted by atomic mass is 16.6. The van der Waals surface area contributed by atoms with E-state index in [1.54, 1.807) is 6.07 Å². The summed E-state index contributed by atoms with van der Waals surface area (Å²) in [5.74, 6) is -2.40. The average Bonchev–Trinajstić information content (AvgIpc) is 2.73. The summed E-state index contributed by atoms with van der Waals surface area (Å²) in [5, 5.41) is 13.6. The van der Waals surface area contributed by atoms with Crippen molar-refractivity contribution in [2.45, 2.75) is 44.1 Å². The molecule has 1 aromatic carbocycles. The van der Waals surface area contributed by atoms with Gasteiger partial charge in [0.15, 0.2) is 0 Å². The number of carbonyl (C=O) groups excluding carboxylic acids is 3. The largest absolute Gasteiger partial charge is 0.469 e. The molecule has 0 aromatic heterocycles. The molecule has 158 valence electrons. The van der Waals surface area contributed by atoms with Gasteiger partial charge in [-0.05, 0) is 43.2 Å². The fourth-order valence-corrected chi connectivity index (χ4v) is 3.30. The number of ether oxygens (including phenoxy) is 3. The summed E-state index contributed by atoms with van der Waals surface area (Å²) in [4.78, 5) is 44.8. The predicted octanol–water partition coefficient (Wildman–Crippen LogP) is 2.31. The van der Waals surface area contributed by atoms with Crippen LogP contribution in [0.1, 0.15) is 43.6 Å². The maximum absolute atomic E-state index is 11.6. The van der Waals surface area contributed by atoms with Gasteiger partial charge >= 0.3 is 17.8 Å². The molecule has 1 fully saturated rings. The topological polar surface area (TPSA) is 134 Å². The number of rotatable bonds is 7. The molecule has 1 N–H and O–H groups in total. The predicted molar refractivity (Wildman–Crippen MR) is 101 cm³/mol. The Morgan fingerprint density at radius 3 is 2.41 bits per heavy atom. The van der Waals surface area contributed by atoms with Crippen LogP contribution in [0.3, 0.4) is 0 Å². The normalized spacial score (nSPS) is 18.6. The minimum atomic E-state index is -1.13. The van der Waals surface area contributed by atoms with E-state index < -0.39 is 16.8 Å². The molecule has 1 aromatic rings. The molecule has 29 heavy (non-hydrogen) atoms. The number of nitrogens with one attached hydrogen (secondary N) is 1. The zero-order valence-corrected chi connectivity index (χ0v) is 16.3. The maximum Gasteiger partial charge on any atom is 0.396 e. The van der Waals surface area contributed by atoms with Gasteiger partial charge in [-0.15, -0.1) is 0 Å². The molecule has 10 nitrogen and oxygen atoms in total. The van der Waals surface area contributed by atoms with E-state index >= 15 is 0 Å². The van der Waals surface area contributed by atoms with Crippen LogP contribution in [0.25, 0.3) is 0 Å². The zero-order valence-electron chi connectivity index (χ0n) is 16.3. The molecule has 0 radical (unpaired) electrons. The van der Waals surface area contributed by atoms with E-state index in [4.69, 9.17) is 4.74 Å². The van der Waals surface area contributed by atoms with Crippen LogP contribution in [0.4, 0.5) is 11.4 Å². The smallest absolute Gasteiger partial charge is 0.396 e. The molecule has 0 bridgehead atoms. The van der Waals surface area contributed by atoms with E-state index in [1.165, 1.54) is 19.2 Å². The third-order valence-electron chi connectivity index (χ3n) is 4.87. The van der Waals surface area contributed by atoms with Crippen LogP contribution in [0.2, 0.25) is 0 Å². The van der Waals surface area contributed by atoms with Crippen molar-refractivity contribution in [2.75, 3.05) is 26.1 Å². The number of nitrogens with zero attached hydrogens (tertiary/aromatic N) is 1. The summed E-state index contributed by atoms with van der Waals surface area (Å²) in [5.41, 5.74) is 0.450. The number of esters is 2. The number of methoxy groups -OCH3 is 2. The average molecular weight is 408 g/mol. The third kappa shape index (κ3) is 6.24. The van der Waals surface area contributed by atoms with Crippen LogP contribution in [-0.2, 0) is 28.6 Å². The Morgan fingerprint density at radius 1 is 1.14 bits per heavy atom. The summed E-state index contributed by atoms with van der Waals surface area (Å²) in [6.07, 6.45) is 3.38. The monoisotopic (exact) mass is 408 g/mol. The summed E-state index contributed by atoms with van der Waals surface area (Å²) < 4.78 is 14.6. The van der Waals surface area contributed by atoms with E-state index in [9.17, 15) is 24.5 Å². The molecule has 1 aliphatic rings. The molecule has 1 saturated carbocycles. The Bertz CT molecular complexity index is 771. The number of hydrogen-bond acceptors (Lipinski definition) is 8. The fourth-order valence-electron chi connectivity index (χ4n) is 3.30. The number of nitro benzene ring substituents is 1. The lowest BCUT2D eigenvalue weighted by Gasteiger charge is -2.28. The van der Waals surface area contributed by atoms with Crippen molar-refractivity contribution in [3.8, 4) is 0 Å². The van der Waals surface area contributed by atoms with Crippen molar-refractivity contribution >= 4 is 29.2 Å². The van der Waals surface area contributed by atoms with Gasteiger partial charge < -0.3 is 19.5 Å². The van der Waals surface area contributed by atoms with Crippen molar-refractivity contribution in [3.63, 3.8) is 0 Å². The summed E-state index contributed by atoms with van der Waals surface area (Å²) in [7, 11) is 2.38. The standard InChI is InChI=1S/C19H24N2O8/c1-27-17(22)9-10-29-14-6-3-12(4-7-14)13-5-8-15(16(11-13)21(25)26)20-18(23)19(24)28-2/h5,8,11-12,14H,3-4,6-7,9-10H2,1-2H3,(H,20,23). The minimum Gasteiger partial charge on any atom is -0.469 e. The third-order valence-corrected chi connectivity index (χ3v) is 4.87. The molecule has 1 aliphatic carbocycles. The maximum atomic E-state index is 11.6. The second-order valence-electron chi connectivity index (χ2n) is 6.65. The first kappa shape index (κ1) is 22.3. The minimum absolute atomic E-state index is 0.0458. The molecule has 0 heterocycles. The molecule has 0 unspecified atom stereocenters. The zero-order chi connectivity index (χ0) is 21.4. The lowest BCUT2D eigenvalue weighted by Crippen LogP contribution is -2.24. The number of anilines is 1. The molecule has 0 atom stereocenters. The Hall–Kier alpha value is -3.01. The number of carbonyl (C=O) groups is 3. The molecule has 0 saturated heterocycles. The van der Waals surface area contributed by atoms with Crippen molar-refractivity contribution < 1.29 is 33.5 Å². The summed E-state index contributed by atoms with van der Waals surface area (Å²) in [6.45, 7) is 0.308. The van der Waals surface area contributed by atoms with Gasteiger partial charge in [0.05, 0.1) is 38.3 Å². The lowest BCUT2D eigenvalue weighted by molar-refractivity contribution is -0.384. The highest BCUT2D eigenvalue weighted by Gasteiger charge is 2.26. The molecular formula is C19H24N2O8. The quantitative estimate of drug-likeness (QED) is 0.314. The first-order valence-corrected chi connectivity index (χ1v) is 9.21. The van der Waals surface area contributed by atoms with Crippen molar-refractivity contribution in [3.05, 3.63) is 33.9 Å². The summed E-state index contributed by atoms with van der Waals surface area (Å²) in [6, 6.07) is 4.56. The van der Waals surface area contributed by atoms with Gasteiger partial charge in [-0.3, -0.25) is 19.7 Å². The van der Waals surface area contributed by atoms with Gasteiger partial charge in [0, 0.05) is 6.07 Å². The number of amides is 1. The van der Waals surface area contributed by atoms with Gasteiger partial charge in [0.25, 0.3) is 5.69 Å². The van der Waals surface area contributed by atoms with Crippen molar-refractivity contribution in [1.29, 1.82) is 0 Å². The Kier molecular flexibility index (Phi) is 8.08. The van der Waals surface area contributed by atoms with Crippen LogP contribution in [0, 0.1) is 10.1 Å². The molecule has 0 spiro atoms. The number of nitro groups is 1. The molecule has 2 rings (SSSR count). The van der Waals surface area contributed by atoms with E-state index in [0.717, 1.165) is 38.4 Å². The van der Waals surface area contributed by atoms with Crippen molar-refractivity contribution in [1.82, 2.24) is 0 Å². The van der Waals surface area contributed by atoms with Gasteiger partial charge in [-0.1, -0.05) is 6.07 Å². The van der Waals surface area contributed by atoms with Gasteiger partial charge in [-0.25, -0.2) is 4.79 Å². The SMILES string of the molecule is COC(=O)CCOC1CCC(c2ccc(NC(=O)C(=O)OC)c([N+](=O)[O-])c2)CC1. The Morgan fingerprint density at radius 2 is 1.83 bits per heavy atom. The second kappa shape index (κ2) is 10.5. The number of benzene rings is 1. The lowest BCUT2D eigenvalue weighted by atomic mass is 9.82. The van der Waals surface area contributed by atoms with Gasteiger partial charge in [-0.2, -0.15) is 0 Å². The van der Waals surface area contributed by atoms with Crippen molar-refractivity contribution in [2.24, 2.45) is 0 Å². The van der Waals surface area contributed by atoms with Crippen LogP contribution in [0.15, 0.2) is 18.2 Å². The molecule has 0 aliphatic heterocycles. The first-order valence-electron chi connectivity index (χ1n) is 9.21. The Labute approximate surface area is 167 Å². The van der Waals surface area contributed by atoms with Crippen LogP contribution >= 0.6 is 0 Å². The Balaban J connectivity index is 1.98. The van der Waals surface area contributed by atoms with Gasteiger partial charge in [0.2, 0.25) is 0 Å². The van der Waals surface area contributed by atoms with Crippen LogP contribution < -0.4 is 5.32 Å². The van der Waals surface area contributed by atoms with Crippen LogP contribution in [0.5, 0.6) is 0 Å². The van der Waals surface area contributed by atoms with Crippen LogP contribution in [-0.4, -0.2) is 49.7 Å². The highest BCUT2D eigenvalue weighted by Crippen LogP contribution is 2.37. The van der Waals surface area contributed by atoms with Gasteiger partial charge in [0.1, 0.15) is 5.69 Å². The fraction of sp³-hybridized carbons (Fsp3) is 0.526. The molecular weight excluding hydrogens is 384 g/mol. The first-order chi connectivity index (χ1) is 13.8.